The monoisotopic (exact) mass is 883 g/mol. The third kappa shape index (κ3) is 5.98. The summed E-state index contributed by atoms with van der Waals surface area (Å²) in [7, 11) is 0. The highest BCUT2D eigenvalue weighted by molar-refractivity contribution is 6.14. The summed E-state index contributed by atoms with van der Waals surface area (Å²) in [5, 5.41) is 2.21. The Bertz CT molecular complexity index is 3770. The van der Waals surface area contributed by atoms with Crippen molar-refractivity contribution in [2.75, 3.05) is 4.90 Å². The number of nitrogens with zero attached hydrogens (tertiary/aromatic N) is 1. The van der Waals surface area contributed by atoms with Crippen LogP contribution in [0.2, 0.25) is 0 Å². The molecule has 0 saturated carbocycles. The van der Waals surface area contributed by atoms with Crippen molar-refractivity contribution in [2.24, 2.45) is 0 Å². The highest BCUT2D eigenvalue weighted by Gasteiger charge is 2.39. The van der Waals surface area contributed by atoms with Crippen LogP contribution in [-0.4, -0.2) is 0 Å². The molecule has 11 aromatic rings. The Morgan fingerprint density at radius 2 is 0.841 bits per heavy atom. The van der Waals surface area contributed by atoms with Crippen LogP contribution in [0.1, 0.15) is 61.1 Å². The van der Waals surface area contributed by atoms with E-state index in [1.54, 1.807) is 0 Å². The van der Waals surface area contributed by atoms with Gasteiger partial charge in [-0.05, 0) is 173 Å². The molecule has 0 aliphatic heterocycles. The average Bonchev–Trinajstić information content (AvgIpc) is 4.09. The third-order valence-electron chi connectivity index (χ3n) is 15.9. The standard InChI is InChI=1S/C67H49NO/c1-66(2)58-37-45(41-14-7-5-8-15-41)24-29-52(58)54-31-27-49(39-60(54)66)68(50-28-32-55-53-30-25-46(42-16-9-6-10-17-42)38-59(53)67(3,4)61(55)40-50)62-20-13-21-64-65(62)57-36-44(26-33-63(57)69-64)43-22-23-48-34-47-18-11-12-19-51(47)56(48)35-43/h5-33,35-40H,34H2,1-4H3. The largest absolute Gasteiger partial charge is 0.456 e. The fourth-order valence-corrected chi connectivity index (χ4v) is 12.3. The maximum absolute atomic E-state index is 6.79. The number of furan rings is 1. The van der Waals surface area contributed by atoms with Gasteiger partial charge in [0.2, 0.25) is 0 Å². The minimum atomic E-state index is -0.227. The summed E-state index contributed by atoms with van der Waals surface area (Å²) in [6, 6.07) is 79.1. The van der Waals surface area contributed by atoms with E-state index in [1.807, 2.05) is 0 Å². The summed E-state index contributed by atoms with van der Waals surface area (Å²) < 4.78 is 6.79. The molecule has 14 rings (SSSR count). The Balaban J connectivity index is 0.948. The van der Waals surface area contributed by atoms with Crippen LogP contribution < -0.4 is 4.90 Å². The second-order valence-electron chi connectivity index (χ2n) is 20.5. The summed E-state index contributed by atoms with van der Waals surface area (Å²) in [6.07, 6.45) is 0.984. The topological polar surface area (TPSA) is 16.4 Å². The molecule has 3 aliphatic rings. The first kappa shape index (κ1) is 39.9. The maximum Gasteiger partial charge on any atom is 0.137 e. The molecule has 0 radical (unpaired) electrons. The Hall–Kier alpha value is -8.20. The van der Waals surface area contributed by atoms with Gasteiger partial charge < -0.3 is 9.32 Å². The van der Waals surface area contributed by atoms with Gasteiger partial charge in [0.1, 0.15) is 11.2 Å². The van der Waals surface area contributed by atoms with Crippen molar-refractivity contribution in [3.63, 3.8) is 0 Å². The van der Waals surface area contributed by atoms with Gasteiger partial charge in [-0.25, -0.2) is 0 Å². The first-order valence-corrected chi connectivity index (χ1v) is 24.4. The molecular formula is C67H49NO. The SMILES string of the molecule is CC1(C)c2cc(-c3ccccc3)ccc2-c2ccc(N(c3ccc4c(c3)C(C)(C)c3cc(-c5ccccc5)ccc3-4)c3cccc4oc5ccc(-c6ccc7c(c6)-c6ccccc6C7)cc5c34)cc21. The van der Waals surface area contributed by atoms with Gasteiger partial charge in [-0.3, -0.25) is 0 Å². The highest BCUT2D eigenvalue weighted by atomic mass is 16.3. The minimum absolute atomic E-state index is 0.227. The van der Waals surface area contributed by atoms with Crippen LogP contribution in [0.5, 0.6) is 0 Å². The van der Waals surface area contributed by atoms with E-state index in [-0.39, 0.29) is 10.8 Å². The van der Waals surface area contributed by atoms with Crippen LogP contribution in [0.15, 0.2) is 217 Å². The second kappa shape index (κ2) is 14.6. The van der Waals surface area contributed by atoms with E-state index >= 15 is 0 Å². The van der Waals surface area contributed by atoms with Crippen molar-refractivity contribution < 1.29 is 4.42 Å². The van der Waals surface area contributed by atoms with E-state index in [9.17, 15) is 0 Å². The summed E-state index contributed by atoms with van der Waals surface area (Å²) in [6.45, 7) is 9.57. The van der Waals surface area contributed by atoms with Crippen LogP contribution in [0, 0.1) is 0 Å². The quantitative estimate of drug-likeness (QED) is 0.165. The van der Waals surface area contributed by atoms with Gasteiger partial charge in [-0.2, -0.15) is 0 Å². The minimum Gasteiger partial charge on any atom is -0.456 e. The van der Waals surface area contributed by atoms with Gasteiger partial charge in [0.15, 0.2) is 0 Å². The molecule has 0 unspecified atom stereocenters. The van der Waals surface area contributed by atoms with Crippen molar-refractivity contribution in [1.29, 1.82) is 0 Å². The van der Waals surface area contributed by atoms with Crippen LogP contribution >= 0.6 is 0 Å². The van der Waals surface area contributed by atoms with E-state index in [4.69, 9.17) is 4.42 Å². The van der Waals surface area contributed by atoms with E-state index in [0.717, 1.165) is 45.4 Å². The van der Waals surface area contributed by atoms with Crippen LogP contribution in [0.25, 0.3) is 88.7 Å². The Morgan fingerprint density at radius 1 is 0.348 bits per heavy atom. The Morgan fingerprint density at radius 3 is 1.46 bits per heavy atom. The molecule has 328 valence electrons. The molecule has 2 nitrogen and oxygen atoms in total. The van der Waals surface area contributed by atoms with E-state index in [0.29, 0.717) is 0 Å². The van der Waals surface area contributed by atoms with Gasteiger partial charge in [0.05, 0.1) is 11.1 Å². The van der Waals surface area contributed by atoms with Crippen molar-refractivity contribution in [3.8, 4) is 66.8 Å². The van der Waals surface area contributed by atoms with Crippen molar-refractivity contribution >= 4 is 39.0 Å². The molecule has 69 heavy (non-hydrogen) atoms. The first-order valence-electron chi connectivity index (χ1n) is 24.4. The number of anilines is 3. The van der Waals surface area contributed by atoms with Crippen LogP contribution in [0.3, 0.4) is 0 Å². The van der Waals surface area contributed by atoms with Gasteiger partial charge in [0, 0.05) is 27.6 Å². The molecule has 0 atom stereocenters. The van der Waals surface area contributed by atoms with Gasteiger partial charge in [-0.1, -0.05) is 173 Å². The Kier molecular flexibility index (Phi) is 8.48. The molecule has 0 fully saturated rings. The Labute approximate surface area is 403 Å². The van der Waals surface area contributed by atoms with E-state index in [2.05, 4.69) is 245 Å². The number of hydrogen-bond donors (Lipinski definition) is 0. The van der Waals surface area contributed by atoms with Crippen LogP contribution in [-0.2, 0) is 17.3 Å². The van der Waals surface area contributed by atoms with E-state index < -0.39 is 0 Å². The van der Waals surface area contributed by atoms with Gasteiger partial charge in [0.25, 0.3) is 0 Å². The van der Waals surface area contributed by atoms with Crippen molar-refractivity contribution in [1.82, 2.24) is 0 Å². The highest BCUT2D eigenvalue weighted by Crippen LogP contribution is 2.55. The zero-order valence-corrected chi connectivity index (χ0v) is 39.3. The molecule has 0 amide bonds. The molecule has 10 aromatic carbocycles. The molecule has 2 heteroatoms. The third-order valence-corrected chi connectivity index (χ3v) is 15.9. The molecule has 0 saturated heterocycles. The lowest BCUT2D eigenvalue weighted by Crippen LogP contribution is -2.18. The molecule has 1 aromatic heterocycles. The summed E-state index contributed by atoms with van der Waals surface area (Å²) in [4.78, 5) is 2.50. The van der Waals surface area contributed by atoms with Crippen molar-refractivity contribution in [2.45, 2.75) is 44.9 Å². The first-order chi connectivity index (χ1) is 33.7. The second-order valence-corrected chi connectivity index (χ2v) is 20.5. The summed E-state index contributed by atoms with van der Waals surface area (Å²) in [5.41, 5.74) is 28.1. The molecule has 0 spiro atoms. The zero-order chi connectivity index (χ0) is 46.2. The smallest absolute Gasteiger partial charge is 0.137 e. The lowest BCUT2D eigenvalue weighted by molar-refractivity contribution is 0.660. The fraction of sp³-hybridized carbons (Fsp3) is 0.104. The van der Waals surface area contributed by atoms with Gasteiger partial charge >= 0.3 is 0 Å². The predicted molar refractivity (Wildman–Crippen MR) is 288 cm³/mol. The molecule has 3 aliphatic carbocycles. The molecule has 0 bridgehead atoms. The summed E-state index contributed by atoms with van der Waals surface area (Å²) >= 11 is 0. The normalized spacial score (nSPS) is 14.3. The van der Waals surface area contributed by atoms with Crippen LogP contribution in [0.4, 0.5) is 17.1 Å². The number of benzene rings is 10. The average molecular weight is 884 g/mol. The summed E-state index contributed by atoms with van der Waals surface area (Å²) in [5.74, 6) is 0. The molecule has 0 N–H and O–H groups in total. The molecular weight excluding hydrogens is 835 g/mol. The lowest BCUT2D eigenvalue weighted by atomic mass is 9.81. The number of rotatable bonds is 6. The predicted octanol–water partition coefficient (Wildman–Crippen LogP) is 18.2. The lowest BCUT2D eigenvalue weighted by Gasteiger charge is -2.30. The maximum atomic E-state index is 6.79. The van der Waals surface area contributed by atoms with E-state index in [1.165, 1.54) is 100 Å². The number of fused-ring (bicyclic) bond motifs is 12. The molecule has 1 heterocycles. The fourth-order valence-electron chi connectivity index (χ4n) is 12.3. The zero-order valence-electron chi connectivity index (χ0n) is 39.3. The van der Waals surface area contributed by atoms with Crippen molar-refractivity contribution in [3.05, 3.63) is 246 Å². The number of hydrogen-bond acceptors (Lipinski definition) is 2. The van der Waals surface area contributed by atoms with Gasteiger partial charge in [-0.15, -0.1) is 0 Å².